The number of ether oxygens (including phenoxy) is 2. The van der Waals surface area contributed by atoms with Crippen molar-refractivity contribution in [2.24, 2.45) is 0 Å². The van der Waals surface area contributed by atoms with Crippen LogP contribution in [0.1, 0.15) is 23.7 Å². The van der Waals surface area contributed by atoms with Gasteiger partial charge in [0.05, 0.1) is 0 Å². The molecule has 4 nitrogen and oxygen atoms in total. The number of nitrogens with zero attached hydrogens (tertiary/aromatic N) is 1. The predicted octanol–water partition coefficient (Wildman–Crippen LogP) is 6.72. The fraction of sp³-hybridized carbons (Fsp3) is 0.143. The van der Waals surface area contributed by atoms with Crippen molar-refractivity contribution >= 4 is 16.7 Å². The van der Waals surface area contributed by atoms with E-state index in [1.54, 1.807) is 60.7 Å². The molecule has 0 aliphatic heterocycles. The number of carbonyl (C=O) groups excluding carboxylic acids is 1. The Morgan fingerprint density at radius 3 is 2.24 bits per heavy atom. The summed E-state index contributed by atoms with van der Waals surface area (Å²) in [6, 6.07) is 29.6. The van der Waals surface area contributed by atoms with Gasteiger partial charge in [0, 0.05) is 12.0 Å². The van der Waals surface area contributed by atoms with E-state index in [9.17, 15) is 18.8 Å². The topological polar surface area (TPSA) is 59.3 Å². The second kappa shape index (κ2) is 8.27. The molecule has 1 fully saturated rings. The molecule has 0 spiro atoms. The van der Waals surface area contributed by atoms with Crippen molar-refractivity contribution in [1.29, 1.82) is 5.26 Å². The number of nitriles is 1. The van der Waals surface area contributed by atoms with Gasteiger partial charge in [-0.3, -0.25) is 4.79 Å². The van der Waals surface area contributed by atoms with E-state index < -0.39 is 29.8 Å². The quantitative estimate of drug-likeness (QED) is 0.303. The highest BCUT2D eigenvalue weighted by atomic mass is 19.3. The summed E-state index contributed by atoms with van der Waals surface area (Å²) in [6.45, 7) is 0. The molecule has 0 heterocycles. The first kappa shape index (κ1) is 21.6. The molecule has 0 amide bonds. The number of carbonyl (C=O) groups is 1. The van der Waals surface area contributed by atoms with Crippen LogP contribution in [-0.2, 0) is 14.9 Å². The van der Waals surface area contributed by atoms with Crippen molar-refractivity contribution in [3.05, 3.63) is 108 Å². The molecule has 0 aromatic heterocycles. The van der Waals surface area contributed by atoms with Gasteiger partial charge < -0.3 is 9.47 Å². The molecule has 0 bridgehead atoms. The maximum absolute atomic E-state index is 14.6. The summed E-state index contributed by atoms with van der Waals surface area (Å²) in [5.74, 6) is -3.35. The van der Waals surface area contributed by atoms with Gasteiger partial charge in [-0.05, 0) is 46.7 Å². The third-order valence-corrected chi connectivity index (χ3v) is 6.06. The standard InChI is InChI=1S/C28H19F2NO3/c29-28(30)18-27(28,22-14-13-19-7-4-5-8-20(19)15-22)26(32)34-25(17-31)21-9-6-12-24(16-21)33-23-10-2-1-3-11-23/h1-16,25H,18H2. The van der Waals surface area contributed by atoms with Crippen LogP contribution in [-0.4, -0.2) is 11.9 Å². The monoisotopic (exact) mass is 455 g/mol. The molecule has 1 aliphatic rings. The zero-order chi connectivity index (χ0) is 23.8. The number of halogens is 2. The molecule has 34 heavy (non-hydrogen) atoms. The molecular formula is C28H19F2NO3. The van der Waals surface area contributed by atoms with Crippen LogP contribution in [0.2, 0.25) is 0 Å². The van der Waals surface area contributed by atoms with E-state index in [1.165, 1.54) is 6.07 Å². The molecule has 4 aromatic rings. The number of esters is 1. The molecule has 5 rings (SSSR count). The van der Waals surface area contributed by atoms with Gasteiger partial charge in [-0.1, -0.05) is 66.7 Å². The lowest BCUT2D eigenvalue weighted by Gasteiger charge is -2.19. The lowest BCUT2D eigenvalue weighted by atomic mass is 9.92. The van der Waals surface area contributed by atoms with E-state index in [2.05, 4.69) is 0 Å². The Morgan fingerprint density at radius 2 is 1.53 bits per heavy atom. The van der Waals surface area contributed by atoms with Crippen LogP contribution in [0.25, 0.3) is 10.8 Å². The average molecular weight is 455 g/mol. The molecule has 0 radical (unpaired) electrons. The third kappa shape index (κ3) is 3.75. The Kier molecular flexibility index (Phi) is 5.25. The SMILES string of the molecule is N#CC(OC(=O)C1(c2ccc3ccccc3c2)CC1(F)F)c1cccc(Oc2ccccc2)c1. The number of hydrogen-bond acceptors (Lipinski definition) is 4. The van der Waals surface area contributed by atoms with Crippen molar-refractivity contribution in [3.63, 3.8) is 0 Å². The highest BCUT2D eigenvalue weighted by molar-refractivity contribution is 5.92. The molecule has 168 valence electrons. The number of alkyl halides is 2. The van der Waals surface area contributed by atoms with Crippen molar-refractivity contribution in [3.8, 4) is 17.6 Å². The predicted molar refractivity (Wildman–Crippen MR) is 123 cm³/mol. The second-order valence-corrected chi connectivity index (χ2v) is 8.25. The van der Waals surface area contributed by atoms with Gasteiger partial charge in [0.1, 0.15) is 17.6 Å². The van der Waals surface area contributed by atoms with Crippen LogP contribution in [0.4, 0.5) is 8.78 Å². The lowest BCUT2D eigenvalue weighted by Crippen LogP contribution is -2.30. The lowest BCUT2D eigenvalue weighted by molar-refractivity contribution is -0.153. The van der Waals surface area contributed by atoms with Crippen LogP contribution in [0.5, 0.6) is 11.5 Å². The van der Waals surface area contributed by atoms with Gasteiger partial charge in [0.2, 0.25) is 6.10 Å². The van der Waals surface area contributed by atoms with Crippen LogP contribution in [0.15, 0.2) is 97.1 Å². The zero-order valence-corrected chi connectivity index (χ0v) is 17.9. The normalized spacial score (nSPS) is 19.1. The van der Waals surface area contributed by atoms with Crippen LogP contribution in [0.3, 0.4) is 0 Å². The molecule has 0 saturated heterocycles. The third-order valence-electron chi connectivity index (χ3n) is 6.06. The Balaban J connectivity index is 1.41. The van der Waals surface area contributed by atoms with Crippen LogP contribution >= 0.6 is 0 Å². The summed E-state index contributed by atoms with van der Waals surface area (Å²) in [5.41, 5.74) is -1.59. The van der Waals surface area contributed by atoms with Crippen molar-refractivity contribution < 1.29 is 23.0 Å². The fourth-order valence-corrected chi connectivity index (χ4v) is 4.14. The van der Waals surface area contributed by atoms with E-state index in [1.807, 2.05) is 36.4 Å². The Morgan fingerprint density at radius 1 is 0.853 bits per heavy atom. The fourth-order valence-electron chi connectivity index (χ4n) is 4.14. The highest BCUT2D eigenvalue weighted by Gasteiger charge is 2.78. The van der Waals surface area contributed by atoms with E-state index in [4.69, 9.17) is 9.47 Å². The van der Waals surface area contributed by atoms with Crippen LogP contribution < -0.4 is 4.74 Å². The first-order valence-corrected chi connectivity index (χ1v) is 10.7. The number of hydrogen-bond donors (Lipinski definition) is 0. The smallest absolute Gasteiger partial charge is 0.324 e. The van der Waals surface area contributed by atoms with E-state index >= 15 is 0 Å². The minimum absolute atomic E-state index is 0.180. The van der Waals surface area contributed by atoms with Gasteiger partial charge in [0.15, 0.2) is 5.41 Å². The van der Waals surface area contributed by atoms with E-state index in [0.717, 1.165) is 10.8 Å². The van der Waals surface area contributed by atoms with Gasteiger partial charge in [-0.25, -0.2) is 8.78 Å². The van der Waals surface area contributed by atoms with Crippen LogP contribution in [0, 0.1) is 11.3 Å². The number of fused-ring (bicyclic) bond motifs is 1. The van der Waals surface area contributed by atoms with Crippen molar-refractivity contribution in [2.45, 2.75) is 23.9 Å². The minimum Gasteiger partial charge on any atom is -0.457 e. The molecule has 1 aliphatic carbocycles. The summed E-state index contributed by atoms with van der Waals surface area (Å²) in [4.78, 5) is 13.1. The highest BCUT2D eigenvalue weighted by Crippen LogP contribution is 2.62. The first-order valence-electron chi connectivity index (χ1n) is 10.7. The number of rotatable bonds is 6. The summed E-state index contributed by atoms with van der Waals surface area (Å²) in [5, 5.41) is 11.3. The van der Waals surface area contributed by atoms with Gasteiger partial charge in [0.25, 0.3) is 5.92 Å². The Bertz CT molecular complexity index is 1410. The van der Waals surface area contributed by atoms with Gasteiger partial charge >= 0.3 is 5.97 Å². The molecule has 1 saturated carbocycles. The maximum Gasteiger partial charge on any atom is 0.324 e. The van der Waals surface area contributed by atoms with E-state index in [-0.39, 0.29) is 5.56 Å². The molecule has 2 unspecified atom stereocenters. The molecule has 4 aromatic carbocycles. The zero-order valence-electron chi connectivity index (χ0n) is 17.9. The van der Waals surface area contributed by atoms with Gasteiger partial charge in [-0.15, -0.1) is 0 Å². The maximum atomic E-state index is 14.6. The summed E-state index contributed by atoms with van der Waals surface area (Å²) >= 11 is 0. The Hall–Kier alpha value is -4.24. The molecule has 2 atom stereocenters. The Labute approximate surface area is 195 Å². The number of para-hydroxylation sites is 1. The average Bonchev–Trinajstić information content (AvgIpc) is 3.46. The molecule has 0 N–H and O–H groups in total. The van der Waals surface area contributed by atoms with Gasteiger partial charge in [-0.2, -0.15) is 5.26 Å². The molecular weight excluding hydrogens is 436 g/mol. The first-order chi connectivity index (χ1) is 16.4. The summed E-state index contributed by atoms with van der Waals surface area (Å²) < 4.78 is 40.5. The van der Waals surface area contributed by atoms with E-state index in [0.29, 0.717) is 17.1 Å². The minimum atomic E-state index is -3.26. The number of benzene rings is 4. The van der Waals surface area contributed by atoms with Crippen molar-refractivity contribution in [1.82, 2.24) is 0 Å². The van der Waals surface area contributed by atoms with Crippen molar-refractivity contribution in [2.75, 3.05) is 0 Å². The largest absolute Gasteiger partial charge is 0.457 e. The molecule has 6 heteroatoms. The summed E-state index contributed by atoms with van der Waals surface area (Å²) in [7, 11) is 0. The second-order valence-electron chi connectivity index (χ2n) is 8.25. The summed E-state index contributed by atoms with van der Waals surface area (Å²) in [6.07, 6.45) is -2.02.